The van der Waals surface area contributed by atoms with Crippen LogP contribution >= 0.6 is 0 Å². The van der Waals surface area contributed by atoms with E-state index in [4.69, 9.17) is 4.74 Å². The van der Waals surface area contributed by atoms with Gasteiger partial charge < -0.3 is 4.74 Å². The third-order valence-electron chi connectivity index (χ3n) is 4.67. The van der Waals surface area contributed by atoms with Crippen molar-refractivity contribution in [1.82, 2.24) is 10.2 Å². The Morgan fingerprint density at radius 3 is 2.42 bits per heavy atom. The fourth-order valence-electron chi connectivity index (χ4n) is 3.16. The molecule has 0 bridgehead atoms. The van der Waals surface area contributed by atoms with Crippen molar-refractivity contribution in [2.24, 2.45) is 0 Å². The fraction of sp³-hybridized carbons (Fsp3) is 0.0909. The molecule has 0 saturated carbocycles. The van der Waals surface area contributed by atoms with E-state index in [1.165, 1.54) is 36.4 Å². The van der Waals surface area contributed by atoms with Crippen LogP contribution in [0.2, 0.25) is 0 Å². The summed E-state index contributed by atoms with van der Waals surface area (Å²) in [5.74, 6) is -1.16. The number of halogens is 2. The van der Waals surface area contributed by atoms with E-state index >= 15 is 0 Å². The normalized spacial score (nSPS) is 10.9. The molecule has 156 valence electrons. The quantitative estimate of drug-likeness (QED) is 0.263. The molecule has 1 aromatic heterocycles. The Hall–Kier alpha value is -4.14. The molecule has 0 saturated heterocycles. The van der Waals surface area contributed by atoms with Gasteiger partial charge in [0.25, 0.3) is 5.69 Å². The summed E-state index contributed by atoms with van der Waals surface area (Å²) in [6, 6.07) is 13.6. The minimum atomic E-state index is -0.684. The third-order valence-corrected chi connectivity index (χ3v) is 4.67. The molecule has 0 spiro atoms. The predicted molar refractivity (Wildman–Crippen MR) is 108 cm³/mol. The second kappa shape index (κ2) is 8.31. The number of benzene rings is 3. The molecule has 0 radical (unpaired) electrons. The SMILES string of the molecule is O=C(Cc1[nH]nc2ccc(OCc3cc(F)cc(F)c3)cc12)c1ccc([N+](=O)[O-])cc1. The van der Waals surface area contributed by atoms with Gasteiger partial charge in [0.15, 0.2) is 5.78 Å². The van der Waals surface area contributed by atoms with E-state index in [0.717, 1.165) is 6.07 Å². The summed E-state index contributed by atoms with van der Waals surface area (Å²) in [6.45, 7) is -0.0326. The first-order valence-electron chi connectivity index (χ1n) is 9.21. The van der Waals surface area contributed by atoms with E-state index in [1.54, 1.807) is 18.2 Å². The van der Waals surface area contributed by atoms with E-state index in [1.807, 2.05) is 0 Å². The van der Waals surface area contributed by atoms with Crippen LogP contribution in [0.4, 0.5) is 14.5 Å². The van der Waals surface area contributed by atoms with E-state index in [0.29, 0.717) is 33.5 Å². The van der Waals surface area contributed by atoms with E-state index < -0.39 is 16.6 Å². The lowest BCUT2D eigenvalue weighted by Crippen LogP contribution is -2.04. The Morgan fingerprint density at radius 1 is 1.03 bits per heavy atom. The Morgan fingerprint density at radius 2 is 1.74 bits per heavy atom. The maximum atomic E-state index is 13.3. The van der Waals surface area contributed by atoms with Crippen LogP contribution in [-0.4, -0.2) is 20.9 Å². The monoisotopic (exact) mass is 423 g/mol. The number of non-ortho nitro benzene ring substituents is 1. The number of nitrogens with zero attached hydrogens (tertiary/aromatic N) is 2. The number of H-pyrrole nitrogens is 1. The molecule has 7 nitrogen and oxygen atoms in total. The van der Waals surface area contributed by atoms with Gasteiger partial charge in [-0.2, -0.15) is 5.10 Å². The Balaban J connectivity index is 1.51. The highest BCUT2D eigenvalue weighted by Gasteiger charge is 2.14. The molecule has 0 aliphatic heterocycles. The molecule has 0 unspecified atom stereocenters. The molecule has 4 aromatic rings. The van der Waals surface area contributed by atoms with Gasteiger partial charge in [-0.25, -0.2) is 8.78 Å². The standard InChI is InChI=1S/C22H15F2N3O4/c23-15-7-13(8-16(24)9-15)12-31-18-5-6-20-19(10-18)21(26-25-20)11-22(28)14-1-3-17(4-2-14)27(29)30/h1-10H,11-12H2,(H,25,26). The van der Waals surface area contributed by atoms with Crippen molar-refractivity contribution in [3.8, 4) is 5.75 Å². The van der Waals surface area contributed by atoms with Crippen LogP contribution < -0.4 is 4.74 Å². The molecule has 4 rings (SSSR count). The summed E-state index contributed by atoms with van der Waals surface area (Å²) >= 11 is 0. The van der Waals surface area contributed by atoms with Crippen molar-refractivity contribution in [3.05, 3.63) is 99.2 Å². The number of Topliss-reactive ketones (excluding diaryl/α,β-unsaturated/α-hetero) is 1. The number of aromatic nitrogens is 2. The number of nitro benzene ring substituents is 1. The molecule has 1 N–H and O–H groups in total. The summed E-state index contributed by atoms with van der Waals surface area (Å²) in [4.78, 5) is 22.8. The third kappa shape index (κ3) is 4.55. The lowest BCUT2D eigenvalue weighted by molar-refractivity contribution is -0.384. The maximum Gasteiger partial charge on any atom is 0.269 e. The zero-order chi connectivity index (χ0) is 22.0. The lowest BCUT2D eigenvalue weighted by Gasteiger charge is -2.07. The molecule has 1 heterocycles. The molecule has 0 aliphatic carbocycles. The van der Waals surface area contributed by atoms with Gasteiger partial charge in [0.05, 0.1) is 22.6 Å². The van der Waals surface area contributed by atoms with Crippen molar-refractivity contribution in [3.63, 3.8) is 0 Å². The number of rotatable bonds is 7. The molecule has 9 heteroatoms. The van der Waals surface area contributed by atoms with Crippen molar-refractivity contribution in [1.29, 1.82) is 0 Å². The average molecular weight is 423 g/mol. The smallest absolute Gasteiger partial charge is 0.269 e. The van der Waals surface area contributed by atoms with Gasteiger partial charge in [-0.3, -0.25) is 20.0 Å². The number of ketones is 1. The highest BCUT2D eigenvalue weighted by atomic mass is 19.1. The Labute approximate surface area is 174 Å². The van der Waals surface area contributed by atoms with Gasteiger partial charge in [-0.15, -0.1) is 0 Å². The summed E-state index contributed by atoms with van der Waals surface area (Å²) in [5.41, 5.74) is 1.77. The molecule has 0 atom stereocenters. The number of hydrogen-bond donors (Lipinski definition) is 1. The fourth-order valence-corrected chi connectivity index (χ4v) is 3.16. The van der Waals surface area contributed by atoms with E-state index in [9.17, 15) is 23.7 Å². The zero-order valence-electron chi connectivity index (χ0n) is 16.0. The first kappa shape index (κ1) is 20.1. The minimum absolute atomic E-state index is 0.00682. The van der Waals surface area contributed by atoms with Gasteiger partial charge in [0, 0.05) is 29.1 Å². The van der Waals surface area contributed by atoms with Crippen LogP contribution in [-0.2, 0) is 13.0 Å². The van der Waals surface area contributed by atoms with Gasteiger partial charge in [0.1, 0.15) is 24.0 Å². The number of hydrogen-bond acceptors (Lipinski definition) is 5. The summed E-state index contributed by atoms with van der Waals surface area (Å²) in [5, 5.41) is 18.4. The summed E-state index contributed by atoms with van der Waals surface area (Å²) < 4.78 is 32.3. The molecular weight excluding hydrogens is 408 g/mol. The predicted octanol–water partition coefficient (Wildman–Crippen LogP) is 4.75. The maximum absolute atomic E-state index is 13.3. The average Bonchev–Trinajstić information content (AvgIpc) is 3.13. The molecule has 0 amide bonds. The van der Waals surface area contributed by atoms with E-state index in [-0.39, 0.29) is 24.5 Å². The van der Waals surface area contributed by atoms with Crippen LogP contribution in [0, 0.1) is 21.7 Å². The van der Waals surface area contributed by atoms with Gasteiger partial charge in [-0.05, 0) is 48.0 Å². The molecule has 31 heavy (non-hydrogen) atoms. The highest BCUT2D eigenvalue weighted by Crippen LogP contribution is 2.24. The largest absolute Gasteiger partial charge is 0.489 e. The number of ether oxygens (including phenoxy) is 1. The zero-order valence-corrected chi connectivity index (χ0v) is 16.0. The van der Waals surface area contributed by atoms with Crippen LogP contribution in [0.25, 0.3) is 10.9 Å². The van der Waals surface area contributed by atoms with Crippen molar-refractivity contribution in [2.75, 3.05) is 0 Å². The second-order valence-corrected chi connectivity index (χ2v) is 6.85. The van der Waals surface area contributed by atoms with Crippen LogP contribution in [0.1, 0.15) is 21.6 Å². The second-order valence-electron chi connectivity index (χ2n) is 6.85. The Bertz CT molecular complexity index is 1270. The lowest BCUT2D eigenvalue weighted by atomic mass is 10.0. The topological polar surface area (TPSA) is 98.1 Å². The number of carbonyl (C=O) groups is 1. The first-order chi connectivity index (χ1) is 14.9. The van der Waals surface area contributed by atoms with Crippen molar-refractivity contribution < 1.29 is 23.2 Å². The number of aromatic amines is 1. The molecular formula is C22H15F2N3O4. The van der Waals surface area contributed by atoms with Gasteiger partial charge in [-0.1, -0.05) is 0 Å². The van der Waals surface area contributed by atoms with E-state index in [2.05, 4.69) is 10.2 Å². The van der Waals surface area contributed by atoms with Crippen LogP contribution in [0.5, 0.6) is 5.75 Å². The number of nitro groups is 1. The highest BCUT2D eigenvalue weighted by molar-refractivity contribution is 5.99. The van der Waals surface area contributed by atoms with Crippen molar-refractivity contribution in [2.45, 2.75) is 13.0 Å². The minimum Gasteiger partial charge on any atom is -0.489 e. The van der Waals surface area contributed by atoms with Gasteiger partial charge >= 0.3 is 0 Å². The first-order valence-corrected chi connectivity index (χ1v) is 9.21. The Kier molecular flexibility index (Phi) is 5.40. The summed E-state index contributed by atoms with van der Waals surface area (Å²) in [7, 11) is 0. The molecule has 3 aromatic carbocycles. The van der Waals surface area contributed by atoms with Crippen LogP contribution in [0.15, 0.2) is 60.7 Å². The number of carbonyl (C=O) groups excluding carboxylic acids is 1. The molecule has 0 aliphatic rings. The van der Waals surface area contributed by atoms with Gasteiger partial charge in [0.2, 0.25) is 0 Å². The number of fused-ring (bicyclic) bond motifs is 1. The number of nitrogens with one attached hydrogen (secondary N) is 1. The molecule has 0 fully saturated rings. The van der Waals surface area contributed by atoms with Crippen LogP contribution in [0.3, 0.4) is 0 Å². The van der Waals surface area contributed by atoms with Crippen molar-refractivity contribution >= 4 is 22.4 Å². The summed E-state index contributed by atoms with van der Waals surface area (Å²) in [6.07, 6.45) is 0.00682.